The van der Waals surface area contributed by atoms with Crippen molar-refractivity contribution in [1.29, 1.82) is 0 Å². The van der Waals surface area contributed by atoms with Crippen molar-refractivity contribution in [3.8, 4) is 12.3 Å². The molecule has 0 fully saturated rings. The molecular weight excluding hydrogens is 196 g/mol. The first-order chi connectivity index (χ1) is 6.55. The lowest BCUT2D eigenvalue weighted by Crippen LogP contribution is -2.29. The molecular formula is C11H12O2S. The molecule has 0 saturated heterocycles. The topological polar surface area (TPSA) is 37.3 Å². The van der Waals surface area contributed by atoms with Gasteiger partial charge in [0, 0.05) is 4.90 Å². The molecule has 0 spiro atoms. The first-order valence-corrected chi connectivity index (χ1v) is 5.50. The Bertz CT molecular complexity index is 363. The van der Waals surface area contributed by atoms with E-state index in [1.54, 1.807) is 24.3 Å². The molecule has 0 heterocycles. The summed E-state index contributed by atoms with van der Waals surface area (Å²) in [6.45, 7) is 1.48. The Balaban J connectivity index is 2.75. The van der Waals surface area contributed by atoms with Crippen LogP contribution in [-0.4, -0.2) is 20.7 Å². The van der Waals surface area contributed by atoms with Crippen LogP contribution in [-0.2, 0) is 10.8 Å². The molecule has 1 rings (SSSR count). The largest absolute Gasteiger partial charge is 0.377 e. The van der Waals surface area contributed by atoms with E-state index in [4.69, 9.17) is 6.42 Å². The molecule has 1 aromatic carbocycles. The van der Waals surface area contributed by atoms with Crippen molar-refractivity contribution in [2.45, 2.75) is 17.4 Å². The molecule has 0 aliphatic carbocycles. The number of hydrogen-bond donors (Lipinski definition) is 1. The van der Waals surface area contributed by atoms with Crippen molar-refractivity contribution in [2.24, 2.45) is 0 Å². The number of hydrogen-bond acceptors (Lipinski definition) is 2. The maximum Gasteiger partial charge on any atom is 0.134 e. The van der Waals surface area contributed by atoms with Crippen molar-refractivity contribution < 1.29 is 9.32 Å². The van der Waals surface area contributed by atoms with Gasteiger partial charge in [0.15, 0.2) is 0 Å². The summed E-state index contributed by atoms with van der Waals surface area (Å²) in [6, 6.07) is 8.96. The Morgan fingerprint density at radius 1 is 1.50 bits per heavy atom. The molecule has 0 aliphatic heterocycles. The van der Waals surface area contributed by atoms with E-state index in [-0.39, 0.29) is 5.75 Å². The summed E-state index contributed by atoms with van der Waals surface area (Å²) in [6.07, 6.45) is 5.10. The summed E-state index contributed by atoms with van der Waals surface area (Å²) in [7, 11) is -1.25. The van der Waals surface area contributed by atoms with Crippen LogP contribution in [0.4, 0.5) is 0 Å². The van der Waals surface area contributed by atoms with Crippen LogP contribution < -0.4 is 0 Å². The molecule has 0 radical (unpaired) electrons. The zero-order chi connectivity index (χ0) is 10.6. The van der Waals surface area contributed by atoms with Crippen LogP contribution in [0.2, 0.25) is 0 Å². The smallest absolute Gasteiger partial charge is 0.134 e. The van der Waals surface area contributed by atoms with Gasteiger partial charge in [-0.25, -0.2) is 0 Å². The van der Waals surface area contributed by atoms with E-state index in [1.807, 2.05) is 6.07 Å². The highest BCUT2D eigenvalue weighted by Crippen LogP contribution is 2.11. The van der Waals surface area contributed by atoms with Crippen LogP contribution in [0, 0.1) is 12.3 Å². The zero-order valence-electron chi connectivity index (χ0n) is 7.93. The molecule has 74 valence electrons. The Hall–Kier alpha value is -1.11. The fourth-order valence-electron chi connectivity index (χ4n) is 0.953. The molecule has 1 N–H and O–H groups in total. The van der Waals surface area contributed by atoms with Gasteiger partial charge in [-0.1, -0.05) is 24.1 Å². The molecule has 0 aliphatic rings. The van der Waals surface area contributed by atoms with Gasteiger partial charge in [-0.2, -0.15) is 0 Å². The highest BCUT2D eigenvalue weighted by atomic mass is 32.2. The predicted octanol–water partition coefficient (Wildman–Crippen LogP) is 1.18. The molecule has 0 amide bonds. The third kappa shape index (κ3) is 2.99. The predicted molar refractivity (Wildman–Crippen MR) is 57.2 cm³/mol. The maximum absolute atomic E-state index is 11.7. The van der Waals surface area contributed by atoms with E-state index in [0.717, 1.165) is 0 Å². The standard InChI is InChI=1S/C11H12O2S/c1-3-11(2,12)9-14(13)10-7-5-4-6-8-10/h1,4-8,12H,9H2,2H3. The van der Waals surface area contributed by atoms with Crippen molar-refractivity contribution in [2.75, 3.05) is 5.75 Å². The van der Waals surface area contributed by atoms with Crippen LogP contribution in [0.1, 0.15) is 6.92 Å². The highest BCUT2D eigenvalue weighted by Gasteiger charge is 2.20. The van der Waals surface area contributed by atoms with Crippen LogP contribution >= 0.6 is 0 Å². The summed E-state index contributed by atoms with van der Waals surface area (Å²) < 4.78 is 11.7. The molecule has 1 aromatic rings. The van der Waals surface area contributed by atoms with Crippen molar-refractivity contribution >= 4 is 10.8 Å². The Morgan fingerprint density at radius 2 is 2.07 bits per heavy atom. The average Bonchev–Trinajstić information content (AvgIpc) is 2.19. The molecule has 2 nitrogen and oxygen atoms in total. The normalized spacial score (nSPS) is 16.6. The van der Waals surface area contributed by atoms with Crippen molar-refractivity contribution in [1.82, 2.24) is 0 Å². The average molecular weight is 208 g/mol. The molecule has 2 unspecified atom stereocenters. The second-order valence-corrected chi connectivity index (χ2v) is 4.67. The SMILES string of the molecule is C#CC(C)(O)CS(=O)c1ccccc1. The molecule has 0 bridgehead atoms. The highest BCUT2D eigenvalue weighted by molar-refractivity contribution is 7.85. The van der Waals surface area contributed by atoms with Gasteiger partial charge in [0.05, 0.1) is 16.6 Å². The third-order valence-electron chi connectivity index (χ3n) is 1.73. The molecule has 3 heteroatoms. The van der Waals surface area contributed by atoms with Gasteiger partial charge in [-0.3, -0.25) is 4.21 Å². The lowest BCUT2D eigenvalue weighted by atomic mass is 10.2. The van der Waals surface area contributed by atoms with E-state index in [1.165, 1.54) is 6.92 Å². The van der Waals surface area contributed by atoms with Gasteiger partial charge in [0.2, 0.25) is 0 Å². The Labute approximate surface area is 86.4 Å². The first kappa shape index (κ1) is 11.0. The van der Waals surface area contributed by atoms with Gasteiger partial charge in [-0.15, -0.1) is 6.42 Å². The number of terminal acetylenes is 1. The minimum atomic E-state index is -1.30. The van der Waals surface area contributed by atoms with Gasteiger partial charge in [-0.05, 0) is 19.1 Å². The van der Waals surface area contributed by atoms with Gasteiger partial charge in [0.25, 0.3) is 0 Å². The van der Waals surface area contributed by atoms with Gasteiger partial charge < -0.3 is 5.11 Å². The molecule has 0 saturated carbocycles. The monoisotopic (exact) mass is 208 g/mol. The van der Waals surface area contributed by atoms with E-state index in [2.05, 4.69) is 5.92 Å². The third-order valence-corrected chi connectivity index (χ3v) is 3.35. The van der Waals surface area contributed by atoms with Gasteiger partial charge in [0.1, 0.15) is 5.60 Å². The fraction of sp³-hybridized carbons (Fsp3) is 0.273. The maximum atomic E-state index is 11.7. The summed E-state index contributed by atoms with van der Waals surface area (Å²) in [4.78, 5) is 0.683. The van der Waals surface area contributed by atoms with E-state index < -0.39 is 16.4 Å². The van der Waals surface area contributed by atoms with Crippen molar-refractivity contribution in [3.05, 3.63) is 30.3 Å². The summed E-state index contributed by atoms with van der Waals surface area (Å²) in [5.74, 6) is 2.27. The second kappa shape index (κ2) is 4.41. The van der Waals surface area contributed by atoms with Crippen molar-refractivity contribution in [3.63, 3.8) is 0 Å². The summed E-state index contributed by atoms with van der Waals surface area (Å²) in [5.41, 5.74) is -1.30. The van der Waals surface area contributed by atoms with Crippen LogP contribution in [0.3, 0.4) is 0 Å². The van der Waals surface area contributed by atoms with E-state index in [0.29, 0.717) is 4.90 Å². The lowest BCUT2D eigenvalue weighted by molar-refractivity contribution is 0.148. The zero-order valence-corrected chi connectivity index (χ0v) is 8.75. The quantitative estimate of drug-likeness (QED) is 0.757. The van der Waals surface area contributed by atoms with Gasteiger partial charge >= 0.3 is 0 Å². The Morgan fingerprint density at radius 3 is 2.57 bits per heavy atom. The minimum absolute atomic E-state index is 0.0630. The molecule has 2 atom stereocenters. The number of aliphatic hydroxyl groups is 1. The van der Waals surface area contributed by atoms with Crippen LogP contribution in [0.5, 0.6) is 0 Å². The lowest BCUT2D eigenvalue weighted by Gasteiger charge is -2.14. The summed E-state index contributed by atoms with van der Waals surface area (Å²) in [5, 5.41) is 9.53. The minimum Gasteiger partial charge on any atom is -0.377 e. The van der Waals surface area contributed by atoms with Crippen LogP contribution in [0.15, 0.2) is 35.2 Å². The number of benzene rings is 1. The van der Waals surface area contributed by atoms with E-state index >= 15 is 0 Å². The summed E-state index contributed by atoms with van der Waals surface area (Å²) >= 11 is 0. The van der Waals surface area contributed by atoms with Crippen LogP contribution in [0.25, 0.3) is 0 Å². The number of rotatable bonds is 3. The fourth-order valence-corrected chi connectivity index (χ4v) is 2.17. The first-order valence-electron chi connectivity index (χ1n) is 4.19. The molecule has 14 heavy (non-hydrogen) atoms. The molecule has 0 aromatic heterocycles. The Kier molecular flexibility index (Phi) is 3.45. The second-order valence-electron chi connectivity index (χ2n) is 3.22. The van der Waals surface area contributed by atoms with E-state index in [9.17, 15) is 9.32 Å².